The number of rotatable bonds is 1. The second-order valence-electron chi connectivity index (χ2n) is 6.65. The molecule has 1 heteroatoms. The Morgan fingerprint density at radius 1 is 0.929 bits per heavy atom. The van der Waals surface area contributed by atoms with E-state index in [1.165, 1.54) is 23.7 Å². The minimum atomic E-state index is 0.427. The Morgan fingerprint density at radius 2 is 1.29 bits per heavy atom. The van der Waals surface area contributed by atoms with Crippen molar-refractivity contribution >= 4 is 0 Å². The topological polar surface area (TPSA) is 0 Å². The predicted molar refractivity (Wildman–Crippen MR) is 63.3 cm³/mol. The molecule has 0 amide bonds. The van der Waals surface area contributed by atoms with Crippen molar-refractivity contribution < 1.29 is 4.48 Å². The summed E-state index contributed by atoms with van der Waals surface area (Å²) >= 11 is 0. The summed E-state index contributed by atoms with van der Waals surface area (Å²) in [6.07, 6.45) is 4.12. The minimum Gasteiger partial charge on any atom is -0.315 e. The van der Waals surface area contributed by atoms with Crippen molar-refractivity contribution in [2.75, 3.05) is 7.05 Å². The van der Waals surface area contributed by atoms with Gasteiger partial charge in [0.15, 0.2) is 0 Å². The Kier molecular flexibility index (Phi) is 2.78. The summed E-state index contributed by atoms with van der Waals surface area (Å²) in [4.78, 5) is 0. The van der Waals surface area contributed by atoms with Gasteiger partial charge in [-0.15, -0.1) is 0 Å². The average molecular weight is 198 g/mol. The van der Waals surface area contributed by atoms with E-state index in [1.807, 2.05) is 0 Å². The number of quaternary nitrogens is 1. The SMILES string of the molecule is CC(C)[N+]1(C)C(C)(C)CCCC1(C)C. The minimum absolute atomic E-state index is 0.427. The Hall–Kier alpha value is -0.0400. The highest BCUT2D eigenvalue weighted by Gasteiger charge is 2.54. The molecule has 0 aromatic rings. The van der Waals surface area contributed by atoms with E-state index in [9.17, 15) is 0 Å². The zero-order valence-corrected chi connectivity index (χ0v) is 11.1. The molecule has 1 saturated heterocycles. The Bertz CT molecular complexity index is 197. The van der Waals surface area contributed by atoms with Crippen LogP contribution < -0.4 is 0 Å². The molecule has 0 spiro atoms. The first-order chi connectivity index (χ1) is 6.15. The molecule has 1 nitrogen and oxygen atoms in total. The fraction of sp³-hybridized carbons (Fsp3) is 1.00. The maximum atomic E-state index is 2.45. The first-order valence-corrected chi connectivity index (χ1v) is 6.01. The van der Waals surface area contributed by atoms with Crippen LogP contribution in [0, 0.1) is 0 Å². The molecule has 0 saturated carbocycles. The maximum Gasteiger partial charge on any atom is 0.0939 e. The molecule has 1 aliphatic rings. The highest BCUT2D eigenvalue weighted by Crippen LogP contribution is 2.45. The summed E-state index contributed by atoms with van der Waals surface area (Å²) in [5, 5.41) is 0. The van der Waals surface area contributed by atoms with E-state index >= 15 is 0 Å². The molecule has 1 heterocycles. The summed E-state index contributed by atoms with van der Waals surface area (Å²) in [6.45, 7) is 14.5. The lowest BCUT2D eigenvalue weighted by Crippen LogP contribution is -2.73. The van der Waals surface area contributed by atoms with Gasteiger partial charge in [-0.3, -0.25) is 0 Å². The van der Waals surface area contributed by atoms with E-state index in [-0.39, 0.29) is 0 Å². The van der Waals surface area contributed by atoms with E-state index < -0.39 is 0 Å². The van der Waals surface area contributed by atoms with Crippen LogP contribution in [0.3, 0.4) is 0 Å². The average Bonchev–Trinajstić information content (AvgIpc) is 1.98. The van der Waals surface area contributed by atoms with Gasteiger partial charge >= 0.3 is 0 Å². The lowest BCUT2D eigenvalue weighted by atomic mass is 9.75. The van der Waals surface area contributed by atoms with Gasteiger partial charge in [-0.1, -0.05) is 0 Å². The maximum absolute atomic E-state index is 2.45. The number of nitrogens with zero attached hydrogens (tertiary/aromatic N) is 1. The molecule has 1 aliphatic heterocycles. The molecule has 0 aromatic heterocycles. The monoisotopic (exact) mass is 198 g/mol. The largest absolute Gasteiger partial charge is 0.315 e. The lowest BCUT2D eigenvalue weighted by molar-refractivity contribution is -1.02. The first kappa shape index (κ1) is 12.0. The molecule has 0 aromatic carbocycles. The smallest absolute Gasteiger partial charge is 0.0939 e. The van der Waals surface area contributed by atoms with Gasteiger partial charge in [-0.05, 0) is 48.0 Å². The second-order valence-corrected chi connectivity index (χ2v) is 6.65. The molecule has 0 unspecified atom stereocenters. The van der Waals surface area contributed by atoms with Crippen molar-refractivity contribution in [1.29, 1.82) is 0 Å². The van der Waals surface area contributed by atoms with Crippen LogP contribution in [0.2, 0.25) is 0 Å². The Morgan fingerprint density at radius 3 is 1.50 bits per heavy atom. The van der Waals surface area contributed by atoms with Crippen LogP contribution in [0.1, 0.15) is 60.8 Å². The molecule has 84 valence electrons. The first-order valence-electron chi connectivity index (χ1n) is 6.01. The molecule has 1 fully saturated rings. The lowest BCUT2D eigenvalue weighted by Gasteiger charge is -2.62. The quantitative estimate of drug-likeness (QED) is 0.565. The zero-order chi connectivity index (χ0) is 11.2. The molecule has 1 rings (SSSR count). The number of piperidine rings is 1. The van der Waals surface area contributed by atoms with Crippen molar-refractivity contribution in [3.8, 4) is 0 Å². The summed E-state index contributed by atoms with van der Waals surface area (Å²) in [5.74, 6) is 0. The normalized spacial score (nSPS) is 29.1. The molecular weight excluding hydrogens is 170 g/mol. The zero-order valence-electron chi connectivity index (χ0n) is 11.1. The van der Waals surface area contributed by atoms with Crippen LogP contribution in [-0.2, 0) is 0 Å². The highest BCUT2D eigenvalue weighted by atomic mass is 15.5. The van der Waals surface area contributed by atoms with Gasteiger partial charge in [0, 0.05) is 12.8 Å². The molecule has 0 aliphatic carbocycles. The number of hydrogen-bond donors (Lipinski definition) is 0. The molecule has 0 N–H and O–H groups in total. The molecule has 0 radical (unpaired) electrons. The molecule has 14 heavy (non-hydrogen) atoms. The third kappa shape index (κ3) is 1.41. The third-order valence-corrected chi connectivity index (χ3v) is 5.12. The second kappa shape index (κ2) is 3.23. The van der Waals surface area contributed by atoms with Crippen LogP contribution in [-0.4, -0.2) is 28.7 Å². The molecular formula is C13H28N+. The van der Waals surface area contributed by atoms with Gasteiger partial charge in [0.25, 0.3) is 0 Å². The van der Waals surface area contributed by atoms with Crippen molar-refractivity contribution in [3.63, 3.8) is 0 Å². The third-order valence-electron chi connectivity index (χ3n) is 5.12. The van der Waals surface area contributed by atoms with Gasteiger partial charge in [-0.25, -0.2) is 0 Å². The summed E-state index contributed by atoms with van der Waals surface area (Å²) in [7, 11) is 2.45. The van der Waals surface area contributed by atoms with E-state index in [0.717, 1.165) is 0 Å². The van der Waals surface area contributed by atoms with Crippen molar-refractivity contribution in [2.45, 2.75) is 77.9 Å². The van der Waals surface area contributed by atoms with Crippen LogP contribution in [0.15, 0.2) is 0 Å². The van der Waals surface area contributed by atoms with Gasteiger partial charge in [0.05, 0.1) is 24.2 Å². The van der Waals surface area contributed by atoms with Gasteiger partial charge in [0.1, 0.15) is 0 Å². The van der Waals surface area contributed by atoms with Gasteiger partial charge in [-0.2, -0.15) is 0 Å². The van der Waals surface area contributed by atoms with E-state index in [1.54, 1.807) is 0 Å². The Balaban J connectivity index is 3.15. The van der Waals surface area contributed by atoms with Crippen LogP contribution >= 0.6 is 0 Å². The van der Waals surface area contributed by atoms with Crippen molar-refractivity contribution in [1.82, 2.24) is 0 Å². The Labute approximate surface area is 90.1 Å². The van der Waals surface area contributed by atoms with Gasteiger partial charge in [0.2, 0.25) is 0 Å². The number of likely N-dealkylation sites (tertiary alicyclic amines) is 1. The van der Waals surface area contributed by atoms with E-state index in [0.29, 0.717) is 17.1 Å². The fourth-order valence-corrected chi connectivity index (χ4v) is 3.64. The van der Waals surface area contributed by atoms with Crippen LogP contribution in [0.25, 0.3) is 0 Å². The summed E-state index contributed by atoms with van der Waals surface area (Å²) in [5.41, 5.74) is 0.853. The predicted octanol–water partition coefficient (Wildman–Crippen LogP) is 3.58. The van der Waals surface area contributed by atoms with Crippen molar-refractivity contribution in [3.05, 3.63) is 0 Å². The van der Waals surface area contributed by atoms with Crippen LogP contribution in [0.4, 0.5) is 0 Å². The van der Waals surface area contributed by atoms with Crippen molar-refractivity contribution in [2.24, 2.45) is 0 Å². The highest BCUT2D eigenvalue weighted by molar-refractivity contribution is 4.86. The summed E-state index contributed by atoms with van der Waals surface area (Å²) in [6, 6.07) is 0.709. The summed E-state index contributed by atoms with van der Waals surface area (Å²) < 4.78 is 1.21. The molecule has 0 atom stereocenters. The van der Waals surface area contributed by atoms with E-state index in [4.69, 9.17) is 0 Å². The van der Waals surface area contributed by atoms with Crippen LogP contribution in [0.5, 0.6) is 0 Å². The molecule has 0 bridgehead atoms. The van der Waals surface area contributed by atoms with E-state index in [2.05, 4.69) is 48.6 Å². The fourth-order valence-electron chi connectivity index (χ4n) is 3.64. The number of hydrogen-bond acceptors (Lipinski definition) is 0. The standard InChI is InChI=1S/C13H28N/c1-11(2)14(7)12(3,4)9-8-10-13(14,5)6/h11H,8-10H2,1-7H3/q+1. The van der Waals surface area contributed by atoms with Gasteiger partial charge < -0.3 is 4.48 Å².